The second kappa shape index (κ2) is 6.14. The lowest BCUT2D eigenvalue weighted by atomic mass is 10.1. The van der Waals surface area contributed by atoms with Gasteiger partial charge in [-0.15, -0.1) is 0 Å². The number of hydrogen-bond donors (Lipinski definition) is 0. The summed E-state index contributed by atoms with van der Waals surface area (Å²) in [5.74, 6) is 0. The summed E-state index contributed by atoms with van der Waals surface area (Å²) < 4.78 is 4.14. The lowest BCUT2D eigenvalue weighted by molar-refractivity contribution is 0.0733. The largest absolute Gasteiger partial charge is 0.390 e. The molecular weight excluding hydrogens is 358 g/mol. The van der Waals surface area contributed by atoms with Crippen LogP contribution in [-0.2, 0) is 25.5 Å². The summed E-state index contributed by atoms with van der Waals surface area (Å²) in [6.07, 6.45) is 1.93. The monoisotopic (exact) mass is 373 g/mol. The highest BCUT2D eigenvalue weighted by Gasteiger charge is 2.24. The van der Waals surface area contributed by atoms with Crippen molar-refractivity contribution in [3.8, 4) is 0 Å². The standard InChI is InChI=1S/C17H16ClN5O3/c1-21-15-14(16(24)22(2)17(21)25)23(9-19-15)8-12-7-13(20-26-12)10-3-5-11(18)6-4-10/h3-6,9,12H,7-8H2,1-2H3. The van der Waals surface area contributed by atoms with E-state index >= 15 is 0 Å². The molecule has 3 aromatic rings. The Morgan fingerprint density at radius 3 is 2.65 bits per heavy atom. The molecule has 134 valence electrons. The molecule has 8 nitrogen and oxygen atoms in total. The molecule has 0 aliphatic carbocycles. The van der Waals surface area contributed by atoms with Crippen molar-refractivity contribution in [1.29, 1.82) is 0 Å². The van der Waals surface area contributed by atoms with Gasteiger partial charge in [-0.3, -0.25) is 13.9 Å². The molecule has 0 N–H and O–H groups in total. The number of imidazole rings is 1. The molecule has 3 heterocycles. The van der Waals surface area contributed by atoms with Gasteiger partial charge in [-0.25, -0.2) is 9.78 Å². The maximum atomic E-state index is 12.5. The number of oxime groups is 1. The van der Waals surface area contributed by atoms with E-state index in [2.05, 4.69) is 10.1 Å². The van der Waals surface area contributed by atoms with Crippen molar-refractivity contribution in [1.82, 2.24) is 18.7 Å². The minimum atomic E-state index is -0.404. The highest BCUT2D eigenvalue weighted by Crippen LogP contribution is 2.20. The van der Waals surface area contributed by atoms with Crippen LogP contribution < -0.4 is 11.2 Å². The average molecular weight is 374 g/mol. The molecule has 0 bridgehead atoms. The van der Waals surface area contributed by atoms with Crippen LogP contribution in [0.5, 0.6) is 0 Å². The number of aromatic nitrogens is 4. The van der Waals surface area contributed by atoms with Crippen molar-refractivity contribution >= 4 is 28.5 Å². The Labute approximate surface area is 152 Å². The summed E-state index contributed by atoms with van der Waals surface area (Å²) in [7, 11) is 3.05. The smallest absolute Gasteiger partial charge is 0.332 e. The molecule has 0 spiro atoms. The molecule has 1 atom stereocenters. The van der Waals surface area contributed by atoms with E-state index in [1.54, 1.807) is 30.1 Å². The summed E-state index contributed by atoms with van der Waals surface area (Å²) in [5.41, 5.74) is 1.73. The molecule has 0 fully saturated rings. The van der Waals surface area contributed by atoms with Gasteiger partial charge in [0.15, 0.2) is 17.3 Å². The molecular formula is C17H16ClN5O3. The van der Waals surface area contributed by atoms with Crippen molar-refractivity contribution in [2.45, 2.75) is 19.1 Å². The first kappa shape index (κ1) is 16.6. The summed E-state index contributed by atoms with van der Waals surface area (Å²) in [6, 6.07) is 7.40. The molecule has 4 rings (SSSR count). The number of benzene rings is 1. The van der Waals surface area contributed by atoms with E-state index in [0.717, 1.165) is 15.8 Å². The molecule has 26 heavy (non-hydrogen) atoms. The number of hydrogen-bond acceptors (Lipinski definition) is 5. The molecule has 1 aliphatic rings. The van der Waals surface area contributed by atoms with Crippen LogP contribution in [-0.4, -0.2) is 30.5 Å². The molecule has 1 aromatic carbocycles. The minimum Gasteiger partial charge on any atom is -0.390 e. The van der Waals surface area contributed by atoms with Crippen LogP contribution in [0.15, 0.2) is 45.3 Å². The zero-order valence-electron chi connectivity index (χ0n) is 14.2. The second-order valence-corrected chi connectivity index (χ2v) is 6.69. The van der Waals surface area contributed by atoms with Gasteiger partial charge in [0.25, 0.3) is 5.56 Å². The molecule has 0 saturated carbocycles. The fourth-order valence-corrected chi connectivity index (χ4v) is 3.22. The number of nitrogens with zero attached hydrogens (tertiary/aromatic N) is 5. The predicted molar refractivity (Wildman–Crippen MR) is 97.7 cm³/mol. The lowest BCUT2D eigenvalue weighted by Gasteiger charge is -2.10. The van der Waals surface area contributed by atoms with Crippen molar-refractivity contribution in [3.05, 3.63) is 62.0 Å². The Bertz CT molecular complexity index is 1140. The first-order valence-corrected chi connectivity index (χ1v) is 8.43. The normalized spacial score (nSPS) is 16.7. The van der Waals surface area contributed by atoms with Crippen LogP contribution in [0.1, 0.15) is 12.0 Å². The Morgan fingerprint density at radius 1 is 1.19 bits per heavy atom. The zero-order valence-corrected chi connectivity index (χ0v) is 15.0. The van der Waals surface area contributed by atoms with Crippen LogP contribution in [0.3, 0.4) is 0 Å². The van der Waals surface area contributed by atoms with Crippen molar-refractivity contribution < 1.29 is 4.84 Å². The van der Waals surface area contributed by atoms with Gasteiger partial charge in [0.2, 0.25) is 0 Å². The molecule has 1 aliphatic heterocycles. The van der Waals surface area contributed by atoms with Crippen LogP contribution in [0, 0.1) is 0 Å². The second-order valence-electron chi connectivity index (χ2n) is 6.25. The third-order valence-corrected chi connectivity index (χ3v) is 4.78. The highest BCUT2D eigenvalue weighted by molar-refractivity contribution is 6.30. The van der Waals surface area contributed by atoms with Gasteiger partial charge in [-0.05, 0) is 17.7 Å². The maximum absolute atomic E-state index is 12.5. The number of rotatable bonds is 3. The van der Waals surface area contributed by atoms with Crippen LogP contribution in [0.4, 0.5) is 0 Å². The summed E-state index contributed by atoms with van der Waals surface area (Å²) >= 11 is 5.91. The maximum Gasteiger partial charge on any atom is 0.332 e. The summed E-state index contributed by atoms with van der Waals surface area (Å²) in [5, 5.41) is 4.81. The van der Waals surface area contributed by atoms with Gasteiger partial charge in [0.1, 0.15) is 0 Å². The lowest BCUT2D eigenvalue weighted by Crippen LogP contribution is -2.37. The molecule has 1 unspecified atom stereocenters. The van der Waals surface area contributed by atoms with E-state index in [0.29, 0.717) is 29.2 Å². The minimum absolute atomic E-state index is 0.222. The van der Waals surface area contributed by atoms with Gasteiger partial charge in [-0.1, -0.05) is 28.9 Å². The number of halogens is 1. The van der Waals surface area contributed by atoms with Crippen molar-refractivity contribution in [3.63, 3.8) is 0 Å². The van der Waals surface area contributed by atoms with Crippen LogP contribution >= 0.6 is 11.6 Å². The quantitative estimate of drug-likeness (QED) is 0.692. The fraction of sp³-hybridized carbons (Fsp3) is 0.294. The fourth-order valence-electron chi connectivity index (χ4n) is 3.09. The van der Waals surface area contributed by atoms with Gasteiger partial charge < -0.3 is 9.40 Å². The number of fused-ring (bicyclic) bond motifs is 1. The zero-order chi connectivity index (χ0) is 18.4. The van der Waals surface area contributed by atoms with Gasteiger partial charge >= 0.3 is 5.69 Å². The Kier molecular flexibility index (Phi) is 3.91. The van der Waals surface area contributed by atoms with Gasteiger partial charge in [-0.2, -0.15) is 0 Å². The van der Waals surface area contributed by atoms with E-state index in [1.165, 1.54) is 11.6 Å². The van der Waals surface area contributed by atoms with Gasteiger partial charge in [0.05, 0.1) is 18.6 Å². The van der Waals surface area contributed by atoms with Crippen LogP contribution in [0.2, 0.25) is 5.02 Å². The molecule has 0 amide bonds. The van der Waals surface area contributed by atoms with E-state index < -0.39 is 5.69 Å². The molecule has 0 saturated heterocycles. The van der Waals surface area contributed by atoms with Crippen molar-refractivity contribution in [2.75, 3.05) is 0 Å². The van der Waals surface area contributed by atoms with Crippen molar-refractivity contribution in [2.24, 2.45) is 19.3 Å². The third-order valence-electron chi connectivity index (χ3n) is 4.53. The number of aryl methyl sites for hydroxylation is 1. The third kappa shape index (κ3) is 2.62. The average Bonchev–Trinajstić information content (AvgIpc) is 3.26. The molecule has 2 aromatic heterocycles. The van der Waals surface area contributed by atoms with Gasteiger partial charge in [0, 0.05) is 25.5 Å². The van der Waals surface area contributed by atoms with E-state index in [-0.39, 0.29) is 11.7 Å². The Hall–Kier alpha value is -2.87. The predicted octanol–water partition coefficient (Wildman–Crippen LogP) is 1.28. The summed E-state index contributed by atoms with van der Waals surface area (Å²) in [6.45, 7) is 0.407. The van der Waals surface area contributed by atoms with E-state index in [9.17, 15) is 9.59 Å². The first-order valence-electron chi connectivity index (χ1n) is 8.05. The topological polar surface area (TPSA) is 83.4 Å². The Morgan fingerprint density at radius 2 is 1.92 bits per heavy atom. The summed E-state index contributed by atoms with van der Waals surface area (Å²) in [4.78, 5) is 34.2. The highest BCUT2D eigenvalue weighted by atomic mass is 35.5. The molecule has 9 heteroatoms. The van der Waals surface area contributed by atoms with E-state index in [4.69, 9.17) is 16.4 Å². The molecule has 0 radical (unpaired) electrons. The SMILES string of the molecule is Cn1c(=O)c2c(ncn2CC2CC(c3ccc(Cl)cc3)=NO2)n(C)c1=O. The first-order chi connectivity index (χ1) is 12.5. The van der Waals surface area contributed by atoms with E-state index in [1.807, 2.05) is 12.1 Å². The van der Waals surface area contributed by atoms with Crippen LogP contribution in [0.25, 0.3) is 11.2 Å². The Balaban J connectivity index is 1.61.